The number of carboxylic acid groups (broad SMARTS) is 2. The molecule has 0 bridgehead atoms. The van der Waals surface area contributed by atoms with E-state index in [0.717, 1.165) is 6.92 Å². The molecule has 14 nitrogen and oxygen atoms in total. The van der Waals surface area contributed by atoms with Crippen LogP contribution in [0.25, 0.3) is 0 Å². The molecule has 5 atom stereocenters. The molecule has 14 heteroatoms. The van der Waals surface area contributed by atoms with Gasteiger partial charge in [-0.25, -0.2) is 4.79 Å². The minimum absolute atomic E-state index is 0.0833. The van der Waals surface area contributed by atoms with Crippen molar-refractivity contribution in [3.63, 3.8) is 0 Å². The van der Waals surface area contributed by atoms with E-state index < -0.39 is 72.3 Å². The van der Waals surface area contributed by atoms with Gasteiger partial charge in [0, 0.05) is 6.42 Å². The Labute approximate surface area is 190 Å². The average Bonchev–Trinajstić information content (AvgIpc) is 2.66. The summed E-state index contributed by atoms with van der Waals surface area (Å²) in [5.41, 5.74) is 10.9. The molecule has 0 spiro atoms. The smallest absolute Gasteiger partial charge is 0.326 e. The van der Waals surface area contributed by atoms with Crippen LogP contribution in [-0.4, -0.2) is 81.2 Å². The van der Waals surface area contributed by atoms with E-state index in [1.165, 1.54) is 0 Å². The molecule has 0 radical (unpaired) electrons. The van der Waals surface area contributed by atoms with Gasteiger partial charge in [-0.3, -0.25) is 24.0 Å². The zero-order valence-electron chi connectivity index (χ0n) is 18.7. The van der Waals surface area contributed by atoms with Gasteiger partial charge in [0.1, 0.15) is 18.1 Å². The van der Waals surface area contributed by atoms with E-state index in [1.807, 2.05) is 19.2 Å². The van der Waals surface area contributed by atoms with Crippen molar-refractivity contribution in [1.82, 2.24) is 16.0 Å². The van der Waals surface area contributed by atoms with Crippen molar-refractivity contribution >= 4 is 35.6 Å². The van der Waals surface area contributed by atoms with Gasteiger partial charge in [0.15, 0.2) is 0 Å². The normalized spacial score (nSPS) is 15.5. The Kier molecular flexibility index (Phi) is 12.6. The summed E-state index contributed by atoms with van der Waals surface area (Å²) in [6.45, 7) is 4.81. The van der Waals surface area contributed by atoms with Crippen LogP contribution in [0.15, 0.2) is 0 Å². The van der Waals surface area contributed by atoms with Crippen LogP contribution < -0.4 is 27.4 Å². The van der Waals surface area contributed by atoms with Crippen molar-refractivity contribution < 1.29 is 44.1 Å². The highest BCUT2D eigenvalue weighted by atomic mass is 16.4. The molecule has 0 aromatic rings. The third-order valence-electron chi connectivity index (χ3n) is 4.43. The molecule has 0 saturated carbocycles. The summed E-state index contributed by atoms with van der Waals surface area (Å²) in [5, 5.41) is 34.2. The first-order valence-electron chi connectivity index (χ1n) is 10.2. The van der Waals surface area contributed by atoms with Crippen LogP contribution in [0, 0.1) is 5.92 Å². The summed E-state index contributed by atoms with van der Waals surface area (Å²) < 4.78 is 0. The van der Waals surface area contributed by atoms with Gasteiger partial charge in [-0.1, -0.05) is 13.8 Å². The number of aliphatic hydroxyl groups excluding tert-OH is 1. The second kappa shape index (κ2) is 14.0. The summed E-state index contributed by atoms with van der Waals surface area (Å²) in [6.07, 6.45) is -2.67. The standard InChI is InChI=1S/C19H33N5O9/c1-8(2)6-10(20)16(29)22-11(4-5-13(21)26)17(30)24-15(9(3)25)18(31)23-12(19(32)33)7-14(27)28/h8-12,15,25H,4-7,20H2,1-3H3,(H2,21,26)(H,22,29)(H,23,31)(H,24,30)(H,27,28)(H,32,33). The summed E-state index contributed by atoms with van der Waals surface area (Å²) in [6, 6.07) is -5.79. The second-order valence-corrected chi connectivity index (χ2v) is 8.03. The maximum Gasteiger partial charge on any atom is 0.326 e. The Hall–Kier alpha value is -3.26. The highest BCUT2D eigenvalue weighted by molar-refractivity contribution is 5.95. The summed E-state index contributed by atoms with van der Waals surface area (Å²) in [5.74, 6) is -6.61. The van der Waals surface area contributed by atoms with Crippen LogP contribution in [0.5, 0.6) is 0 Å². The molecule has 10 N–H and O–H groups in total. The molecule has 0 aliphatic rings. The highest BCUT2D eigenvalue weighted by Crippen LogP contribution is 2.06. The SMILES string of the molecule is CC(C)CC(N)C(=O)NC(CCC(N)=O)C(=O)NC(C(=O)NC(CC(=O)O)C(=O)O)C(C)O. The van der Waals surface area contributed by atoms with E-state index in [-0.39, 0.29) is 18.8 Å². The maximum atomic E-state index is 12.7. The maximum absolute atomic E-state index is 12.7. The molecule has 188 valence electrons. The first-order valence-corrected chi connectivity index (χ1v) is 10.2. The molecule has 0 aliphatic carbocycles. The van der Waals surface area contributed by atoms with Crippen LogP contribution >= 0.6 is 0 Å². The Morgan fingerprint density at radius 2 is 1.39 bits per heavy atom. The van der Waals surface area contributed by atoms with Gasteiger partial charge in [-0.05, 0) is 25.7 Å². The molecule has 0 saturated heterocycles. The lowest BCUT2D eigenvalue weighted by Crippen LogP contribution is -2.60. The second-order valence-electron chi connectivity index (χ2n) is 8.03. The number of aliphatic carboxylic acids is 2. The van der Waals surface area contributed by atoms with Crippen molar-refractivity contribution in [3.05, 3.63) is 0 Å². The molecule has 0 rings (SSSR count). The number of rotatable bonds is 15. The predicted octanol–water partition coefficient (Wildman–Crippen LogP) is -2.98. The number of primary amides is 1. The molecular weight excluding hydrogens is 442 g/mol. The largest absolute Gasteiger partial charge is 0.481 e. The van der Waals surface area contributed by atoms with Crippen molar-refractivity contribution in [2.45, 2.75) is 76.7 Å². The van der Waals surface area contributed by atoms with Crippen molar-refractivity contribution in [2.24, 2.45) is 17.4 Å². The molecular formula is C19H33N5O9. The van der Waals surface area contributed by atoms with Crippen molar-refractivity contribution in [1.29, 1.82) is 0 Å². The molecule has 0 aliphatic heterocycles. The molecule has 0 fully saturated rings. The van der Waals surface area contributed by atoms with Crippen LogP contribution in [0.1, 0.15) is 46.5 Å². The number of carboxylic acids is 2. The van der Waals surface area contributed by atoms with Crippen LogP contribution in [0.3, 0.4) is 0 Å². The zero-order chi connectivity index (χ0) is 25.9. The lowest BCUT2D eigenvalue weighted by atomic mass is 10.0. The van der Waals surface area contributed by atoms with Crippen molar-refractivity contribution in [3.8, 4) is 0 Å². The number of aliphatic hydroxyl groups is 1. The van der Waals surface area contributed by atoms with Gasteiger partial charge in [0.2, 0.25) is 23.6 Å². The summed E-state index contributed by atoms with van der Waals surface area (Å²) >= 11 is 0. The minimum Gasteiger partial charge on any atom is -0.481 e. The quantitative estimate of drug-likeness (QED) is 0.119. The van der Waals surface area contributed by atoms with Gasteiger partial charge in [-0.15, -0.1) is 0 Å². The zero-order valence-corrected chi connectivity index (χ0v) is 18.7. The third-order valence-corrected chi connectivity index (χ3v) is 4.43. The van der Waals surface area contributed by atoms with Crippen LogP contribution in [0.4, 0.5) is 0 Å². The fourth-order valence-corrected chi connectivity index (χ4v) is 2.74. The Morgan fingerprint density at radius 3 is 1.82 bits per heavy atom. The fraction of sp³-hybridized carbons (Fsp3) is 0.684. The first kappa shape index (κ1) is 29.7. The van der Waals surface area contributed by atoms with Gasteiger partial charge in [-0.2, -0.15) is 0 Å². The molecule has 5 unspecified atom stereocenters. The van der Waals surface area contributed by atoms with E-state index >= 15 is 0 Å². The lowest BCUT2D eigenvalue weighted by Gasteiger charge is -2.26. The fourth-order valence-electron chi connectivity index (χ4n) is 2.74. The molecule has 4 amide bonds. The predicted molar refractivity (Wildman–Crippen MR) is 113 cm³/mol. The number of carbonyl (C=O) groups excluding carboxylic acids is 4. The summed E-state index contributed by atoms with van der Waals surface area (Å²) in [7, 11) is 0. The number of hydrogen-bond donors (Lipinski definition) is 8. The average molecular weight is 475 g/mol. The third kappa shape index (κ3) is 11.8. The number of nitrogens with two attached hydrogens (primary N) is 2. The monoisotopic (exact) mass is 475 g/mol. The van der Waals surface area contributed by atoms with Gasteiger partial charge in [0.05, 0.1) is 18.6 Å². The minimum atomic E-state index is -1.81. The van der Waals surface area contributed by atoms with Crippen LogP contribution in [-0.2, 0) is 28.8 Å². The van der Waals surface area contributed by atoms with E-state index in [2.05, 4.69) is 10.6 Å². The molecule has 0 aromatic heterocycles. The number of nitrogens with one attached hydrogen (secondary N) is 3. The van der Waals surface area contributed by atoms with Gasteiger partial charge < -0.3 is 42.7 Å². The van der Waals surface area contributed by atoms with Gasteiger partial charge >= 0.3 is 11.9 Å². The number of amides is 4. The Morgan fingerprint density at radius 1 is 0.848 bits per heavy atom. The first-order chi connectivity index (χ1) is 15.1. The van der Waals surface area contributed by atoms with Crippen LogP contribution in [0.2, 0.25) is 0 Å². The Balaban J connectivity index is 5.50. The van der Waals surface area contributed by atoms with E-state index in [9.17, 15) is 33.9 Å². The number of hydrogen-bond acceptors (Lipinski definition) is 8. The number of carbonyl (C=O) groups is 6. The van der Waals surface area contributed by atoms with E-state index in [4.69, 9.17) is 21.7 Å². The topological polar surface area (TPSA) is 251 Å². The molecule has 0 aromatic carbocycles. The van der Waals surface area contributed by atoms with Crippen molar-refractivity contribution in [2.75, 3.05) is 0 Å². The van der Waals surface area contributed by atoms with Gasteiger partial charge in [0.25, 0.3) is 0 Å². The molecule has 0 heterocycles. The lowest BCUT2D eigenvalue weighted by molar-refractivity contribution is -0.148. The Bertz CT molecular complexity index is 741. The highest BCUT2D eigenvalue weighted by Gasteiger charge is 2.33. The molecule has 33 heavy (non-hydrogen) atoms. The van der Waals surface area contributed by atoms with E-state index in [1.54, 1.807) is 0 Å². The van der Waals surface area contributed by atoms with E-state index in [0.29, 0.717) is 6.42 Å². The summed E-state index contributed by atoms with van der Waals surface area (Å²) in [4.78, 5) is 70.6.